The van der Waals surface area contributed by atoms with Crippen LogP contribution in [0, 0.1) is 20.8 Å². The van der Waals surface area contributed by atoms with Crippen LogP contribution < -0.4 is 10.3 Å². The van der Waals surface area contributed by atoms with E-state index in [1.807, 2.05) is 18.2 Å². The third-order valence-corrected chi connectivity index (χ3v) is 11.9. The van der Waals surface area contributed by atoms with Gasteiger partial charge >= 0.3 is 0 Å². The summed E-state index contributed by atoms with van der Waals surface area (Å²) in [6.07, 6.45) is 0. The highest BCUT2D eigenvalue weighted by atomic mass is 32.1. The number of anilines is 3. The van der Waals surface area contributed by atoms with Crippen LogP contribution in [0.15, 0.2) is 150 Å². The van der Waals surface area contributed by atoms with Gasteiger partial charge in [0.25, 0.3) is 0 Å². The molecular formula is C47H33NOS. The average Bonchev–Trinajstić information content (AvgIpc) is 3.58. The normalized spacial score (nSPS) is 15.3. The minimum atomic E-state index is -0.540. The summed E-state index contributed by atoms with van der Waals surface area (Å²) < 4.78 is 2.06. The van der Waals surface area contributed by atoms with Crippen LogP contribution in [0.5, 0.6) is 0 Å². The average molecular weight is 660 g/mol. The van der Waals surface area contributed by atoms with E-state index in [0.717, 1.165) is 37.2 Å². The van der Waals surface area contributed by atoms with E-state index in [1.54, 1.807) is 11.3 Å². The van der Waals surface area contributed by atoms with Crippen LogP contribution in [-0.4, -0.2) is 0 Å². The van der Waals surface area contributed by atoms with Crippen molar-refractivity contribution in [3.05, 3.63) is 195 Å². The molecule has 2 aliphatic carbocycles. The first-order valence-electron chi connectivity index (χ1n) is 17.2. The second kappa shape index (κ2) is 10.6. The molecule has 2 aliphatic rings. The second-order valence-electron chi connectivity index (χ2n) is 13.9. The van der Waals surface area contributed by atoms with Gasteiger partial charge < -0.3 is 4.90 Å². The Balaban J connectivity index is 1.27. The number of benzene rings is 7. The molecule has 3 heteroatoms. The molecule has 1 atom stereocenters. The quantitative estimate of drug-likeness (QED) is 0.176. The fourth-order valence-electron chi connectivity index (χ4n) is 8.78. The smallest absolute Gasteiger partial charge is 0.195 e. The molecule has 1 heterocycles. The van der Waals surface area contributed by atoms with Gasteiger partial charge in [-0.05, 0) is 137 Å². The molecule has 0 radical (unpaired) electrons. The summed E-state index contributed by atoms with van der Waals surface area (Å²) in [5.41, 5.74) is 16.6. The van der Waals surface area contributed by atoms with E-state index in [-0.39, 0.29) is 5.43 Å². The number of nitrogens with zero attached hydrogens (tertiary/aromatic N) is 1. The third-order valence-electron chi connectivity index (χ3n) is 10.8. The van der Waals surface area contributed by atoms with Crippen molar-refractivity contribution in [2.45, 2.75) is 26.2 Å². The van der Waals surface area contributed by atoms with Crippen molar-refractivity contribution in [3.8, 4) is 22.3 Å². The summed E-state index contributed by atoms with van der Waals surface area (Å²) in [7, 11) is 0. The Morgan fingerprint density at radius 1 is 0.440 bits per heavy atom. The predicted octanol–water partition coefficient (Wildman–Crippen LogP) is 12.2. The number of hydrogen-bond acceptors (Lipinski definition) is 3. The zero-order valence-corrected chi connectivity index (χ0v) is 28.9. The molecule has 0 fully saturated rings. The van der Waals surface area contributed by atoms with E-state index in [1.165, 1.54) is 61.2 Å². The van der Waals surface area contributed by atoms with Gasteiger partial charge in [-0.1, -0.05) is 90.5 Å². The van der Waals surface area contributed by atoms with Crippen molar-refractivity contribution in [2.75, 3.05) is 4.90 Å². The maximum atomic E-state index is 14.1. The van der Waals surface area contributed by atoms with Crippen molar-refractivity contribution in [1.82, 2.24) is 0 Å². The molecule has 0 bridgehead atoms. The van der Waals surface area contributed by atoms with Crippen LogP contribution in [0.25, 0.3) is 42.4 Å². The fraction of sp³-hybridized carbons (Fsp3) is 0.0851. The Morgan fingerprint density at radius 3 is 1.76 bits per heavy atom. The van der Waals surface area contributed by atoms with E-state index in [4.69, 9.17) is 0 Å². The van der Waals surface area contributed by atoms with Crippen molar-refractivity contribution in [3.63, 3.8) is 0 Å². The number of hydrogen-bond donors (Lipinski definition) is 0. The Hall–Kier alpha value is -5.77. The van der Waals surface area contributed by atoms with Crippen molar-refractivity contribution < 1.29 is 0 Å². The lowest BCUT2D eigenvalue weighted by atomic mass is 9.70. The van der Waals surface area contributed by atoms with E-state index < -0.39 is 5.41 Å². The Labute approximate surface area is 295 Å². The standard InChI is InChI=1S/C47H33NOS/c1-28-16-18-31(19-17-28)48(33-23-29(2)22-30(3)24-33)32-20-21-42-37(25-32)34-10-4-7-13-40(34)47(42)41-14-8-5-11-35(41)38-27-45-39(26-43(38)47)46(49)36-12-6-9-15-44(36)50-45/h4-27H,1-3H3. The summed E-state index contributed by atoms with van der Waals surface area (Å²) >= 11 is 1.71. The molecule has 7 aromatic carbocycles. The second-order valence-corrected chi connectivity index (χ2v) is 15.0. The molecule has 0 amide bonds. The van der Waals surface area contributed by atoms with Crippen LogP contribution in [0.4, 0.5) is 17.1 Å². The van der Waals surface area contributed by atoms with Gasteiger partial charge in [-0.2, -0.15) is 0 Å². The zero-order chi connectivity index (χ0) is 33.7. The van der Waals surface area contributed by atoms with Crippen molar-refractivity contribution >= 4 is 48.6 Å². The van der Waals surface area contributed by atoms with Crippen LogP contribution in [0.2, 0.25) is 0 Å². The Bertz CT molecular complexity index is 2750. The van der Waals surface area contributed by atoms with Gasteiger partial charge in [0.15, 0.2) is 5.43 Å². The lowest BCUT2D eigenvalue weighted by molar-refractivity contribution is 0.795. The van der Waals surface area contributed by atoms with E-state index >= 15 is 0 Å². The Morgan fingerprint density at radius 2 is 1.04 bits per heavy atom. The molecule has 0 aliphatic heterocycles. The van der Waals surface area contributed by atoms with Gasteiger partial charge in [0.05, 0.1) is 5.41 Å². The predicted molar refractivity (Wildman–Crippen MR) is 211 cm³/mol. The minimum Gasteiger partial charge on any atom is -0.310 e. The van der Waals surface area contributed by atoms with Gasteiger partial charge in [-0.3, -0.25) is 4.79 Å². The number of aryl methyl sites for hydroxylation is 3. The molecule has 1 spiro atoms. The van der Waals surface area contributed by atoms with Gasteiger partial charge in [0.2, 0.25) is 0 Å². The topological polar surface area (TPSA) is 20.3 Å². The highest BCUT2D eigenvalue weighted by Crippen LogP contribution is 2.63. The lowest BCUT2D eigenvalue weighted by Gasteiger charge is -2.31. The summed E-state index contributed by atoms with van der Waals surface area (Å²) in [6, 6.07) is 52.9. The summed E-state index contributed by atoms with van der Waals surface area (Å²) in [5, 5.41) is 1.58. The van der Waals surface area contributed by atoms with Crippen molar-refractivity contribution in [2.24, 2.45) is 0 Å². The molecule has 10 rings (SSSR count). The first-order valence-corrected chi connectivity index (χ1v) is 18.0. The summed E-state index contributed by atoms with van der Waals surface area (Å²) in [4.78, 5) is 16.5. The SMILES string of the molecule is Cc1ccc(N(c2cc(C)cc(C)c2)c2ccc3c(c2)-c2ccccc2C32c3ccccc3-c3cc4sc5ccccc5c(=O)c4cc32)cc1. The summed E-state index contributed by atoms with van der Waals surface area (Å²) in [6.45, 7) is 6.47. The molecule has 0 N–H and O–H groups in total. The molecule has 0 saturated carbocycles. The molecule has 8 aromatic rings. The van der Waals surface area contributed by atoms with Gasteiger partial charge in [0, 0.05) is 37.2 Å². The van der Waals surface area contributed by atoms with Crippen LogP contribution in [0.1, 0.15) is 38.9 Å². The maximum absolute atomic E-state index is 14.1. The molecule has 1 aromatic heterocycles. The maximum Gasteiger partial charge on any atom is 0.195 e. The number of fused-ring (bicyclic) bond motifs is 12. The van der Waals surface area contributed by atoms with Gasteiger partial charge in [-0.25, -0.2) is 0 Å². The first kappa shape index (κ1) is 29.2. The van der Waals surface area contributed by atoms with Gasteiger partial charge in [0.1, 0.15) is 0 Å². The highest BCUT2D eigenvalue weighted by molar-refractivity contribution is 7.24. The minimum absolute atomic E-state index is 0.104. The molecule has 50 heavy (non-hydrogen) atoms. The Kier molecular flexibility index (Phi) is 6.19. The largest absolute Gasteiger partial charge is 0.310 e. The third kappa shape index (κ3) is 3.98. The van der Waals surface area contributed by atoms with Crippen LogP contribution in [-0.2, 0) is 5.41 Å². The number of rotatable bonds is 3. The monoisotopic (exact) mass is 659 g/mol. The molecule has 238 valence electrons. The van der Waals surface area contributed by atoms with E-state index in [0.29, 0.717) is 0 Å². The molecule has 1 unspecified atom stereocenters. The molecular weight excluding hydrogens is 627 g/mol. The lowest BCUT2D eigenvalue weighted by Crippen LogP contribution is -2.26. The van der Waals surface area contributed by atoms with Crippen LogP contribution in [0.3, 0.4) is 0 Å². The van der Waals surface area contributed by atoms with Gasteiger partial charge in [-0.15, -0.1) is 11.3 Å². The summed E-state index contributed by atoms with van der Waals surface area (Å²) in [5.74, 6) is 0. The zero-order valence-electron chi connectivity index (χ0n) is 28.1. The highest BCUT2D eigenvalue weighted by Gasteiger charge is 2.52. The van der Waals surface area contributed by atoms with E-state index in [9.17, 15) is 4.79 Å². The first-order chi connectivity index (χ1) is 24.4. The fourth-order valence-corrected chi connectivity index (χ4v) is 9.88. The van der Waals surface area contributed by atoms with Crippen LogP contribution >= 0.6 is 11.3 Å². The molecule has 0 saturated heterocycles. The van der Waals surface area contributed by atoms with E-state index in [2.05, 4.69) is 153 Å². The molecule has 2 nitrogen and oxygen atoms in total. The van der Waals surface area contributed by atoms with Crippen molar-refractivity contribution in [1.29, 1.82) is 0 Å².